The van der Waals surface area contributed by atoms with Crippen LogP contribution >= 0.6 is 22.9 Å². The van der Waals surface area contributed by atoms with E-state index in [0.717, 1.165) is 81.5 Å². The zero-order valence-corrected chi connectivity index (χ0v) is 18.8. The van der Waals surface area contributed by atoms with Gasteiger partial charge in [-0.25, -0.2) is 4.98 Å². The summed E-state index contributed by atoms with van der Waals surface area (Å²) in [5, 5.41) is 3.81. The number of carbonyl (C=O) groups excluding carboxylic acids is 1. The fourth-order valence-corrected chi connectivity index (χ4v) is 4.81. The molecule has 2 aromatic rings. The van der Waals surface area contributed by atoms with Crippen molar-refractivity contribution in [3.05, 3.63) is 45.4 Å². The molecule has 0 atom stereocenters. The van der Waals surface area contributed by atoms with E-state index < -0.39 is 0 Å². The Labute approximate surface area is 187 Å². The molecular weight excluding hydrogens is 420 g/mol. The number of benzene rings is 1. The Kier molecular flexibility index (Phi) is 7.60. The molecule has 162 valence electrons. The Balaban J connectivity index is 1.22. The first kappa shape index (κ1) is 21.6. The van der Waals surface area contributed by atoms with Crippen LogP contribution in [0.1, 0.15) is 30.0 Å². The maximum Gasteiger partial charge on any atom is 0.236 e. The summed E-state index contributed by atoms with van der Waals surface area (Å²) in [6.45, 7) is 7.72. The van der Waals surface area contributed by atoms with Crippen molar-refractivity contribution >= 4 is 28.8 Å². The van der Waals surface area contributed by atoms with E-state index in [-0.39, 0.29) is 0 Å². The van der Waals surface area contributed by atoms with E-state index in [9.17, 15) is 4.79 Å². The van der Waals surface area contributed by atoms with Gasteiger partial charge in [0, 0.05) is 43.1 Å². The molecule has 6 nitrogen and oxygen atoms in total. The third-order valence-corrected chi connectivity index (χ3v) is 6.78. The van der Waals surface area contributed by atoms with E-state index >= 15 is 0 Å². The van der Waals surface area contributed by atoms with Crippen LogP contribution in [0.25, 0.3) is 0 Å². The number of hydrogen-bond acceptors (Lipinski definition) is 6. The zero-order valence-electron chi connectivity index (χ0n) is 17.3. The Bertz CT molecular complexity index is 823. The molecule has 4 rings (SSSR count). The zero-order chi connectivity index (χ0) is 20.8. The van der Waals surface area contributed by atoms with Gasteiger partial charge in [-0.3, -0.25) is 14.6 Å². The molecule has 3 heterocycles. The van der Waals surface area contributed by atoms with E-state index in [1.807, 2.05) is 29.2 Å². The van der Waals surface area contributed by atoms with Crippen LogP contribution in [0, 0.1) is 0 Å². The van der Waals surface area contributed by atoms with Crippen molar-refractivity contribution in [1.29, 1.82) is 0 Å². The monoisotopic (exact) mass is 448 g/mol. The second kappa shape index (κ2) is 10.6. The van der Waals surface area contributed by atoms with Crippen molar-refractivity contribution in [3.63, 3.8) is 0 Å². The Morgan fingerprint density at radius 1 is 1.00 bits per heavy atom. The van der Waals surface area contributed by atoms with Crippen molar-refractivity contribution in [2.24, 2.45) is 0 Å². The molecule has 0 bridgehead atoms. The van der Waals surface area contributed by atoms with Crippen molar-refractivity contribution in [2.45, 2.75) is 32.4 Å². The summed E-state index contributed by atoms with van der Waals surface area (Å²) in [6.07, 6.45) is 3.39. The summed E-state index contributed by atoms with van der Waals surface area (Å²) in [6, 6.07) is 7.39. The van der Waals surface area contributed by atoms with Crippen molar-refractivity contribution in [2.75, 3.05) is 45.8 Å². The molecule has 0 spiro atoms. The third kappa shape index (κ3) is 6.17. The maximum atomic E-state index is 12.4. The number of rotatable bonds is 7. The molecule has 0 saturated carbocycles. The van der Waals surface area contributed by atoms with Gasteiger partial charge in [0.15, 0.2) is 0 Å². The maximum absolute atomic E-state index is 12.4. The average molecular weight is 449 g/mol. The number of ether oxygens (including phenoxy) is 1. The molecule has 8 heteroatoms. The molecule has 2 aliphatic heterocycles. The van der Waals surface area contributed by atoms with Gasteiger partial charge in [0.25, 0.3) is 0 Å². The number of likely N-dealkylation sites (tertiary alicyclic amines) is 1. The lowest BCUT2D eigenvalue weighted by Gasteiger charge is -2.23. The number of aromatic nitrogens is 1. The topological polar surface area (TPSA) is 48.9 Å². The lowest BCUT2D eigenvalue weighted by Crippen LogP contribution is -2.40. The predicted octanol–water partition coefficient (Wildman–Crippen LogP) is 3.51. The van der Waals surface area contributed by atoms with Gasteiger partial charge < -0.3 is 9.64 Å². The van der Waals surface area contributed by atoms with Gasteiger partial charge >= 0.3 is 0 Å². The molecule has 1 aromatic heterocycles. The predicted molar refractivity (Wildman–Crippen MR) is 120 cm³/mol. The van der Waals surface area contributed by atoms with Gasteiger partial charge in [0.05, 0.1) is 12.2 Å². The molecule has 0 aliphatic carbocycles. The van der Waals surface area contributed by atoms with Crippen LogP contribution in [0.4, 0.5) is 0 Å². The quantitative estimate of drug-likeness (QED) is 0.648. The van der Waals surface area contributed by atoms with E-state index in [0.29, 0.717) is 24.1 Å². The summed E-state index contributed by atoms with van der Waals surface area (Å²) in [5.74, 6) is 1.10. The molecule has 2 saturated heterocycles. The molecule has 2 fully saturated rings. The largest absolute Gasteiger partial charge is 0.486 e. The Hall–Kier alpha value is -1.67. The molecule has 1 amide bonds. The van der Waals surface area contributed by atoms with Gasteiger partial charge in [-0.15, -0.1) is 11.3 Å². The molecule has 1 aromatic carbocycles. The number of carbonyl (C=O) groups is 1. The van der Waals surface area contributed by atoms with Crippen LogP contribution < -0.4 is 4.74 Å². The van der Waals surface area contributed by atoms with E-state index in [2.05, 4.69) is 15.2 Å². The molecule has 30 heavy (non-hydrogen) atoms. The van der Waals surface area contributed by atoms with Crippen LogP contribution in [0.5, 0.6) is 5.75 Å². The summed E-state index contributed by atoms with van der Waals surface area (Å²) in [5.41, 5.74) is 1.09. The first-order valence-electron chi connectivity index (χ1n) is 10.7. The molecular formula is C22H29ClN4O2S. The molecule has 0 radical (unpaired) electrons. The normalized spacial score (nSPS) is 18.5. The number of thiazole rings is 1. The molecule has 0 unspecified atom stereocenters. The van der Waals surface area contributed by atoms with Crippen LogP contribution in [-0.4, -0.2) is 71.4 Å². The van der Waals surface area contributed by atoms with Crippen LogP contribution in [-0.2, 0) is 17.9 Å². The van der Waals surface area contributed by atoms with Gasteiger partial charge in [-0.05, 0) is 56.6 Å². The first-order chi connectivity index (χ1) is 14.7. The van der Waals surface area contributed by atoms with Gasteiger partial charge in [-0.1, -0.05) is 11.6 Å². The van der Waals surface area contributed by atoms with E-state index in [1.54, 1.807) is 11.3 Å². The van der Waals surface area contributed by atoms with Gasteiger partial charge in [-0.2, -0.15) is 0 Å². The number of amides is 1. The minimum absolute atomic E-state index is 0.297. The van der Waals surface area contributed by atoms with Crippen LogP contribution in [0.15, 0.2) is 29.6 Å². The first-order valence-corrected chi connectivity index (χ1v) is 12.0. The van der Waals surface area contributed by atoms with Crippen LogP contribution in [0.2, 0.25) is 5.02 Å². The van der Waals surface area contributed by atoms with Crippen LogP contribution in [0.3, 0.4) is 0 Å². The summed E-state index contributed by atoms with van der Waals surface area (Å²) < 4.78 is 5.80. The standard InChI is InChI=1S/C22H29ClN4O2S/c23-18-4-6-20(7-5-18)29-16-21-24-19(17-30-21)14-25-8-3-9-26(13-12-25)15-22(28)27-10-1-2-11-27/h4-7,17H,1-3,8-16H2. The summed E-state index contributed by atoms with van der Waals surface area (Å²) >= 11 is 7.55. The van der Waals surface area contributed by atoms with E-state index in [4.69, 9.17) is 21.3 Å². The molecule has 0 N–H and O–H groups in total. The average Bonchev–Trinajstić information content (AvgIpc) is 3.39. The number of nitrogens with zero attached hydrogens (tertiary/aromatic N) is 4. The number of hydrogen-bond donors (Lipinski definition) is 0. The highest BCUT2D eigenvalue weighted by molar-refractivity contribution is 7.09. The minimum atomic E-state index is 0.297. The third-order valence-electron chi connectivity index (χ3n) is 5.66. The molecule has 2 aliphatic rings. The van der Waals surface area contributed by atoms with Crippen molar-refractivity contribution in [3.8, 4) is 5.75 Å². The van der Waals surface area contributed by atoms with Crippen molar-refractivity contribution < 1.29 is 9.53 Å². The SMILES string of the molecule is O=C(CN1CCCN(Cc2csc(COc3ccc(Cl)cc3)n2)CC1)N1CCCC1. The highest BCUT2D eigenvalue weighted by atomic mass is 35.5. The fourth-order valence-electron chi connectivity index (χ4n) is 3.99. The van der Waals surface area contributed by atoms with Gasteiger partial charge in [0.2, 0.25) is 5.91 Å². The minimum Gasteiger partial charge on any atom is -0.486 e. The highest BCUT2D eigenvalue weighted by Gasteiger charge is 2.22. The Morgan fingerprint density at radius 3 is 2.53 bits per heavy atom. The van der Waals surface area contributed by atoms with Crippen molar-refractivity contribution in [1.82, 2.24) is 19.7 Å². The lowest BCUT2D eigenvalue weighted by atomic mass is 10.3. The summed E-state index contributed by atoms with van der Waals surface area (Å²) in [7, 11) is 0. The second-order valence-corrected chi connectivity index (χ2v) is 9.35. The second-order valence-electron chi connectivity index (χ2n) is 7.97. The smallest absolute Gasteiger partial charge is 0.236 e. The summed E-state index contributed by atoms with van der Waals surface area (Å²) in [4.78, 5) is 23.9. The number of halogens is 1. The van der Waals surface area contributed by atoms with E-state index in [1.165, 1.54) is 0 Å². The fraction of sp³-hybridized carbons (Fsp3) is 0.545. The lowest BCUT2D eigenvalue weighted by molar-refractivity contribution is -0.131. The van der Waals surface area contributed by atoms with Gasteiger partial charge in [0.1, 0.15) is 17.4 Å². The highest BCUT2D eigenvalue weighted by Crippen LogP contribution is 2.19. The Morgan fingerprint density at radius 2 is 1.73 bits per heavy atom.